The Morgan fingerprint density at radius 2 is 2.16 bits per heavy atom. The second-order valence-corrected chi connectivity index (χ2v) is 6.32. The van der Waals surface area contributed by atoms with Crippen molar-refractivity contribution in [2.75, 3.05) is 12.3 Å². The molecule has 0 aliphatic rings. The number of aliphatic carboxylic acids is 1. The molecule has 1 aromatic carbocycles. The minimum Gasteiger partial charge on any atom is -0.480 e. The molecule has 1 rings (SSSR count). The molecule has 2 N–H and O–H groups in total. The fourth-order valence-corrected chi connectivity index (χ4v) is 2.79. The van der Waals surface area contributed by atoms with Gasteiger partial charge in [0.15, 0.2) is 0 Å². The van der Waals surface area contributed by atoms with Crippen molar-refractivity contribution in [2.45, 2.75) is 30.7 Å². The summed E-state index contributed by atoms with van der Waals surface area (Å²) in [6.45, 7) is 4.12. The molecular formula is C13H17Cl2NO2S. The van der Waals surface area contributed by atoms with E-state index in [4.69, 9.17) is 28.3 Å². The van der Waals surface area contributed by atoms with E-state index in [-0.39, 0.29) is 0 Å². The largest absolute Gasteiger partial charge is 0.480 e. The smallest absolute Gasteiger partial charge is 0.323 e. The number of carbonyl (C=O) groups is 1. The quantitative estimate of drug-likeness (QED) is 0.590. The molecule has 106 valence electrons. The molecule has 6 heteroatoms. The lowest BCUT2D eigenvalue weighted by molar-refractivity contribution is -0.144. The van der Waals surface area contributed by atoms with Crippen LogP contribution in [0.4, 0.5) is 0 Å². The van der Waals surface area contributed by atoms with E-state index in [9.17, 15) is 4.79 Å². The van der Waals surface area contributed by atoms with Gasteiger partial charge in [0.2, 0.25) is 0 Å². The number of carboxylic acids is 1. The molecule has 1 atom stereocenters. The molecule has 0 heterocycles. The molecule has 0 amide bonds. The molecule has 0 spiro atoms. The average molecular weight is 322 g/mol. The molecule has 0 saturated carbocycles. The van der Waals surface area contributed by atoms with Crippen LogP contribution in [0.3, 0.4) is 0 Å². The van der Waals surface area contributed by atoms with Gasteiger partial charge in [0.1, 0.15) is 5.54 Å². The molecule has 0 fully saturated rings. The van der Waals surface area contributed by atoms with Gasteiger partial charge in [0.25, 0.3) is 0 Å². The van der Waals surface area contributed by atoms with Crippen LogP contribution < -0.4 is 5.32 Å². The summed E-state index contributed by atoms with van der Waals surface area (Å²) in [5.74, 6) is -0.107. The number of nitrogens with one attached hydrogen (secondary N) is 1. The SMILES string of the molecule is CCC(C)(NCCSc1cc(Cl)ccc1Cl)C(=O)O. The van der Waals surface area contributed by atoms with Crippen LogP contribution in [0.15, 0.2) is 23.1 Å². The van der Waals surface area contributed by atoms with E-state index >= 15 is 0 Å². The molecule has 0 bridgehead atoms. The first-order chi connectivity index (χ1) is 8.89. The lowest BCUT2D eigenvalue weighted by atomic mass is 9.99. The summed E-state index contributed by atoms with van der Waals surface area (Å²) < 4.78 is 0. The second-order valence-electron chi connectivity index (χ2n) is 4.34. The summed E-state index contributed by atoms with van der Waals surface area (Å²) in [6.07, 6.45) is 0.533. The number of rotatable bonds is 7. The fraction of sp³-hybridized carbons (Fsp3) is 0.462. The number of carboxylic acid groups (broad SMARTS) is 1. The lowest BCUT2D eigenvalue weighted by Crippen LogP contribution is -2.49. The predicted octanol–water partition coefficient (Wildman–Crippen LogP) is 3.93. The van der Waals surface area contributed by atoms with Gasteiger partial charge in [-0.25, -0.2) is 0 Å². The summed E-state index contributed by atoms with van der Waals surface area (Å²) in [5, 5.41) is 13.5. The summed E-state index contributed by atoms with van der Waals surface area (Å²) in [5.41, 5.74) is -0.876. The first kappa shape index (κ1) is 16.6. The average Bonchev–Trinajstić information content (AvgIpc) is 2.38. The van der Waals surface area contributed by atoms with Gasteiger partial charge in [-0.05, 0) is 31.5 Å². The van der Waals surface area contributed by atoms with Gasteiger partial charge in [0, 0.05) is 22.2 Å². The molecule has 0 aromatic heterocycles. The van der Waals surface area contributed by atoms with Crippen LogP contribution in [0.2, 0.25) is 10.0 Å². The third kappa shape index (κ3) is 4.88. The van der Waals surface area contributed by atoms with Gasteiger partial charge < -0.3 is 10.4 Å². The fourth-order valence-electron chi connectivity index (χ4n) is 1.43. The van der Waals surface area contributed by atoms with Crippen molar-refractivity contribution in [1.82, 2.24) is 5.32 Å². The van der Waals surface area contributed by atoms with Gasteiger partial charge >= 0.3 is 5.97 Å². The second kappa shape index (κ2) is 7.39. The highest BCUT2D eigenvalue weighted by atomic mass is 35.5. The van der Waals surface area contributed by atoms with Crippen LogP contribution >= 0.6 is 35.0 Å². The first-order valence-electron chi connectivity index (χ1n) is 5.95. The van der Waals surface area contributed by atoms with Crippen LogP contribution in [0.25, 0.3) is 0 Å². The maximum absolute atomic E-state index is 11.1. The summed E-state index contributed by atoms with van der Waals surface area (Å²) in [7, 11) is 0. The van der Waals surface area contributed by atoms with Crippen molar-refractivity contribution in [3.05, 3.63) is 28.2 Å². The van der Waals surface area contributed by atoms with Crippen LogP contribution in [0.1, 0.15) is 20.3 Å². The van der Waals surface area contributed by atoms with Crippen molar-refractivity contribution in [2.24, 2.45) is 0 Å². The van der Waals surface area contributed by atoms with E-state index in [1.165, 1.54) is 0 Å². The van der Waals surface area contributed by atoms with Crippen LogP contribution in [0.5, 0.6) is 0 Å². The van der Waals surface area contributed by atoms with E-state index in [1.54, 1.807) is 30.8 Å². The lowest BCUT2D eigenvalue weighted by Gasteiger charge is -2.24. The van der Waals surface area contributed by atoms with Gasteiger partial charge in [-0.15, -0.1) is 11.8 Å². The molecule has 19 heavy (non-hydrogen) atoms. The zero-order valence-electron chi connectivity index (χ0n) is 10.9. The minimum atomic E-state index is -0.876. The summed E-state index contributed by atoms with van der Waals surface area (Å²) >= 11 is 13.5. The van der Waals surface area contributed by atoms with E-state index in [2.05, 4.69) is 5.32 Å². The van der Waals surface area contributed by atoms with E-state index < -0.39 is 11.5 Å². The third-order valence-electron chi connectivity index (χ3n) is 2.95. The van der Waals surface area contributed by atoms with Gasteiger partial charge in [-0.1, -0.05) is 30.1 Å². The van der Waals surface area contributed by atoms with Crippen molar-refractivity contribution in [3.8, 4) is 0 Å². The topological polar surface area (TPSA) is 49.3 Å². The monoisotopic (exact) mass is 321 g/mol. The van der Waals surface area contributed by atoms with Crippen molar-refractivity contribution < 1.29 is 9.90 Å². The van der Waals surface area contributed by atoms with Crippen LogP contribution in [0, 0.1) is 0 Å². The Bertz CT molecular complexity index is 456. The number of hydrogen-bond donors (Lipinski definition) is 2. The maximum Gasteiger partial charge on any atom is 0.323 e. The number of thioether (sulfide) groups is 1. The highest BCUT2D eigenvalue weighted by molar-refractivity contribution is 7.99. The zero-order chi connectivity index (χ0) is 14.5. The number of hydrogen-bond acceptors (Lipinski definition) is 3. The van der Waals surface area contributed by atoms with E-state index in [1.807, 2.05) is 13.0 Å². The molecule has 0 aliphatic heterocycles. The molecule has 0 aliphatic carbocycles. The number of halogens is 2. The Kier molecular flexibility index (Phi) is 6.47. The normalized spacial score (nSPS) is 14.1. The van der Waals surface area contributed by atoms with Gasteiger partial charge in [0.05, 0.1) is 5.02 Å². The van der Waals surface area contributed by atoms with Crippen LogP contribution in [-0.4, -0.2) is 28.9 Å². The Balaban J connectivity index is 2.47. The Morgan fingerprint density at radius 1 is 1.47 bits per heavy atom. The summed E-state index contributed by atoms with van der Waals surface area (Å²) in [4.78, 5) is 12.0. The van der Waals surface area contributed by atoms with Crippen LogP contribution in [-0.2, 0) is 4.79 Å². The Hall–Kier alpha value is -0.420. The van der Waals surface area contributed by atoms with E-state index in [0.717, 1.165) is 10.6 Å². The molecule has 1 unspecified atom stereocenters. The molecule has 0 saturated heterocycles. The van der Waals surface area contributed by atoms with Crippen molar-refractivity contribution in [3.63, 3.8) is 0 Å². The number of benzene rings is 1. The maximum atomic E-state index is 11.1. The molecule has 1 aromatic rings. The standard InChI is InChI=1S/C13H17Cl2NO2S/c1-3-13(2,12(17)18)16-6-7-19-11-8-9(14)4-5-10(11)15/h4-5,8,16H,3,6-7H2,1-2H3,(H,17,18). The molecular weight excluding hydrogens is 305 g/mol. The van der Waals surface area contributed by atoms with Gasteiger partial charge in [-0.2, -0.15) is 0 Å². The highest BCUT2D eigenvalue weighted by Crippen LogP contribution is 2.29. The highest BCUT2D eigenvalue weighted by Gasteiger charge is 2.29. The van der Waals surface area contributed by atoms with E-state index in [0.29, 0.717) is 23.0 Å². The Morgan fingerprint density at radius 3 is 2.74 bits per heavy atom. The Labute approximate surface area is 127 Å². The predicted molar refractivity (Wildman–Crippen MR) is 81.5 cm³/mol. The molecule has 0 radical (unpaired) electrons. The third-order valence-corrected chi connectivity index (χ3v) is 4.68. The molecule has 3 nitrogen and oxygen atoms in total. The zero-order valence-corrected chi connectivity index (χ0v) is 13.2. The van der Waals surface area contributed by atoms with Crippen molar-refractivity contribution >= 4 is 40.9 Å². The van der Waals surface area contributed by atoms with Gasteiger partial charge in [-0.3, -0.25) is 4.79 Å². The minimum absolute atomic E-state index is 0.533. The first-order valence-corrected chi connectivity index (χ1v) is 7.69. The summed E-state index contributed by atoms with van der Waals surface area (Å²) in [6, 6.07) is 5.31. The van der Waals surface area contributed by atoms with Crippen molar-refractivity contribution in [1.29, 1.82) is 0 Å².